The molecule has 0 radical (unpaired) electrons. The molecule has 0 saturated carbocycles. The molecule has 0 aliphatic rings. The Balaban J connectivity index is 1.97. The van der Waals surface area contributed by atoms with Crippen LogP contribution in [0.4, 0.5) is 0 Å². The summed E-state index contributed by atoms with van der Waals surface area (Å²) in [5.74, 6) is 0.886. The summed E-state index contributed by atoms with van der Waals surface area (Å²) in [6.07, 6.45) is 1.05. The topological polar surface area (TPSA) is 38.1 Å². The van der Waals surface area contributed by atoms with E-state index in [4.69, 9.17) is 4.52 Å². The third-order valence-electron chi connectivity index (χ3n) is 2.81. The fraction of sp³-hybridized carbons (Fsp3) is 0.357. The molecule has 0 fully saturated rings. The van der Waals surface area contributed by atoms with Gasteiger partial charge < -0.3 is 9.84 Å². The molecule has 2 rings (SSSR count). The highest BCUT2D eigenvalue weighted by molar-refractivity contribution is 5.18. The fourth-order valence-corrected chi connectivity index (χ4v) is 1.91. The zero-order valence-electron chi connectivity index (χ0n) is 10.3. The van der Waals surface area contributed by atoms with Crippen LogP contribution in [0, 0.1) is 6.92 Å². The lowest BCUT2D eigenvalue weighted by Gasteiger charge is -2.16. The second-order valence-corrected chi connectivity index (χ2v) is 4.19. The van der Waals surface area contributed by atoms with Gasteiger partial charge in [-0.25, -0.2) is 0 Å². The fourth-order valence-electron chi connectivity index (χ4n) is 1.91. The van der Waals surface area contributed by atoms with Gasteiger partial charge in [-0.05, 0) is 18.9 Å². The summed E-state index contributed by atoms with van der Waals surface area (Å²) in [6, 6.07) is 12.8. The van der Waals surface area contributed by atoms with Crippen LogP contribution in [0.15, 0.2) is 40.9 Å². The first-order chi connectivity index (χ1) is 8.29. The van der Waals surface area contributed by atoms with Crippen molar-refractivity contribution in [2.75, 3.05) is 0 Å². The molecule has 3 nitrogen and oxygen atoms in total. The minimum absolute atomic E-state index is 0.363. The van der Waals surface area contributed by atoms with Crippen molar-refractivity contribution in [3.63, 3.8) is 0 Å². The molecular weight excluding hydrogens is 212 g/mol. The van der Waals surface area contributed by atoms with E-state index in [-0.39, 0.29) is 0 Å². The van der Waals surface area contributed by atoms with Gasteiger partial charge in [0, 0.05) is 12.1 Å². The molecule has 90 valence electrons. The summed E-state index contributed by atoms with van der Waals surface area (Å²) in [4.78, 5) is 0. The zero-order chi connectivity index (χ0) is 12.1. The van der Waals surface area contributed by atoms with Gasteiger partial charge in [-0.1, -0.05) is 42.4 Å². The predicted molar refractivity (Wildman–Crippen MR) is 67.6 cm³/mol. The van der Waals surface area contributed by atoms with Crippen LogP contribution in [-0.2, 0) is 6.54 Å². The number of nitrogens with zero attached hydrogens (tertiary/aromatic N) is 1. The van der Waals surface area contributed by atoms with Crippen molar-refractivity contribution in [1.82, 2.24) is 10.5 Å². The highest BCUT2D eigenvalue weighted by Gasteiger charge is 2.09. The number of rotatable bonds is 5. The number of hydrogen-bond donors (Lipinski definition) is 1. The molecule has 1 heterocycles. The standard InChI is InChI=1S/C14H18N2O/c1-3-14(12-7-5-4-6-8-12)15-10-13-9-11(2)16-17-13/h4-9,14-15H,3,10H2,1-2H3. The van der Waals surface area contributed by atoms with Crippen LogP contribution >= 0.6 is 0 Å². The van der Waals surface area contributed by atoms with Crippen LogP contribution < -0.4 is 5.32 Å². The van der Waals surface area contributed by atoms with Crippen molar-refractivity contribution in [1.29, 1.82) is 0 Å². The highest BCUT2D eigenvalue weighted by atomic mass is 16.5. The van der Waals surface area contributed by atoms with Crippen LogP contribution in [0.3, 0.4) is 0 Å². The average molecular weight is 230 g/mol. The van der Waals surface area contributed by atoms with Crippen LogP contribution in [-0.4, -0.2) is 5.16 Å². The zero-order valence-corrected chi connectivity index (χ0v) is 10.3. The van der Waals surface area contributed by atoms with E-state index in [1.807, 2.05) is 19.1 Å². The third-order valence-corrected chi connectivity index (χ3v) is 2.81. The van der Waals surface area contributed by atoms with Gasteiger partial charge in [-0.3, -0.25) is 0 Å². The lowest BCUT2D eigenvalue weighted by Crippen LogP contribution is -2.19. The maximum Gasteiger partial charge on any atom is 0.150 e. The highest BCUT2D eigenvalue weighted by Crippen LogP contribution is 2.16. The smallest absolute Gasteiger partial charge is 0.150 e. The average Bonchev–Trinajstić information content (AvgIpc) is 2.77. The molecule has 1 atom stereocenters. The maximum absolute atomic E-state index is 5.18. The molecule has 17 heavy (non-hydrogen) atoms. The summed E-state index contributed by atoms with van der Waals surface area (Å²) in [7, 11) is 0. The molecular formula is C14H18N2O. The van der Waals surface area contributed by atoms with Crippen molar-refractivity contribution in [3.05, 3.63) is 53.4 Å². The summed E-state index contributed by atoms with van der Waals surface area (Å²) in [6.45, 7) is 4.83. The maximum atomic E-state index is 5.18. The molecule has 1 unspecified atom stereocenters. The second kappa shape index (κ2) is 5.64. The van der Waals surface area contributed by atoms with Crippen molar-refractivity contribution in [2.45, 2.75) is 32.9 Å². The van der Waals surface area contributed by atoms with E-state index in [1.54, 1.807) is 0 Å². The third kappa shape index (κ3) is 3.17. The van der Waals surface area contributed by atoms with E-state index in [0.717, 1.165) is 17.9 Å². The van der Waals surface area contributed by atoms with Gasteiger partial charge >= 0.3 is 0 Å². The molecule has 1 aromatic heterocycles. The molecule has 0 saturated heterocycles. The largest absolute Gasteiger partial charge is 0.360 e. The van der Waals surface area contributed by atoms with Crippen molar-refractivity contribution < 1.29 is 4.52 Å². The number of aromatic nitrogens is 1. The van der Waals surface area contributed by atoms with Gasteiger partial charge in [-0.15, -0.1) is 0 Å². The first-order valence-corrected chi connectivity index (χ1v) is 6.00. The Morgan fingerprint density at radius 3 is 2.65 bits per heavy atom. The lowest BCUT2D eigenvalue weighted by atomic mass is 10.0. The molecule has 0 amide bonds. The van der Waals surface area contributed by atoms with Crippen molar-refractivity contribution >= 4 is 0 Å². The van der Waals surface area contributed by atoms with Crippen LogP contribution in [0.1, 0.15) is 36.4 Å². The van der Waals surface area contributed by atoms with Crippen molar-refractivity contribution in [3.8, 4) is 0 Å². The second-order valence-electron chi connectivity index (χ2n) is 4.19. The quantitative estimate of drug-likeness (QED) is 0.857. The van der Waals surface area contributed by atoms with Gasteiger partial charge in [0.25, 0.3) is 0 Å². The molecule has 0 bridgehead atoms. The molecule has 3 heteroatoms. The van der Waals surface area contributed by atoms with E-state index >= 15 is 0 Å². The van der Waals surface area contributed by atoms with Gasteiger partial charge in [0.05, 0.1) is 12.2 Å². The minimum Gasteiger partial charge on any atom is -0.360 e. The first kappa shape index (κ1) is 11.9. The first-order valence-electron chi connectivity index (χ1n) is 6.00. The Labute approximate surface area is 102 Å². The lowest BCUT2D eigenvalue weighted by molar-refractivity contribution is 0.359. The Morgan fingerprint density at radius 1 is 1.29 bits per heavy atom. The summed E-state index contributed by atoms with van der Waals surface area (Å²) in [5.41, 5.74) is 2.24. The number of nitrogens with one attached hydrogen (secondary N) is 1. The van der Waals surface area contributed by atoms with Gasteiger partial charge in [0.1, 0.15) is 0 Å². The predicted octanol–water partition coefficient (Wildman–Crippen LogP) is 3.22. The Hall–Kier alpha value is -1.61. The van der Waals surface area contributed by atoms with E-state index < -0.39 is 0 Å². The Bertz CT molecular complexity index is 450. The SMILES string of the molecule is CCC(NCc1cc(C)no1)c1ccccc1. The summed E-state index contributed by atoms with van der Waals surface area (Å²) < 4.78 is 5.18. The Kier molecular flexibility index (Phi) is 3.94. The molecule has 0 spiro atoms. The molecule has 0 aliphatic heterocycles. The minimum atomic E-state index is 0.363. The van der Waals surface area contributed by atoms with Crippen LogP contribution in [0.5, 0.6) is 0 Å². The monoisotopic (exact) mass is 230 g/mol. The van der Waals surface area contributed by atoms with Gasteiger partial charge in [0.2, 0.25) is 0 Å². The van der Waals surface area contributed by atoms with Crippen LogP contribution in [0.2, 0.25) is 0 Å². The van der Waals surface area contributed by atoms with E-state index in [0.29, 0.717) is 12.6 Å². The number of benzene rings is 1. The van der Waals surface area contributed by atoms with E-state index in [9.17, 15) is 0 Å². The summed E-state index contributed by atoms with van der Waals surface area (Å²) >= 11 is 0. The van der Waals surface area contributed by atoms with Gasteiger partial charge in [0.15, 0.2) is 5.76 Å². The van der Waals surface area contributed by atoms with E-state index in [2.05, 4.69) is 41.7 Å². The Morgan fingerprint density at radius 2 is 2.06 bits per heavy atom. The van der Waals surface area contributed by atoms with E-state index in [1.165, 1.54) is 5.56 Å². The normalized spacial score (nSPS) is 12.6. The number of aryl methyl sites for hydroxylation is 1. The molecule has 2 aromatic rings. The molecule has 0 aliphatic carbocycles. The summed E-state index contributed by atoms with van der Waals surface area (Å²) in [5, 5.41) is 7.36. The van der Waals surface area contributed by atoms with Crippen LogP contribution in [0.25, 0.3) is 0 Å². The van der Waals surface area contributed by atoms with Crippen molar-refractivity contribution in [2.24, 2.45) is 0 Å². The molecule has 1 N–H and O–H groups in total. The number of hydrogen-bond acceptors (Lipinski definition) is 3. The van der Waals surface area contributed by atoms with Gasteiger partial charge in [-0.2, -0.15) is 0 Å². The molecule has 1 aromatic carbocycles.